The molecule has 1 aromatic heterocycles. The van der Waals surface area contributed by atoms with Crippen LogP contribution in [0.2, 0.25) is 0 Å². The Morgan fingerprint density at radius 3 is 2.48 bits per heavy atom. The van der Waals surface area contributed by atoms with Crippen LogP contribution >= 0.6 is 11.3 Å². The zero-order valence-corrected chi connectivity index (χ0v) is 15.7. The summed E-state index contributed by atoms with van der Waals surface area (Å²) in [6, 6.07) is 15.7. The summed E-state index contributed by atoms with van der Waals surface area (Å²) in [4.78, 5) is 32.8. The standard InChI is InChI=1S/C21H19N3O2S/c25-20-14-6-1-2-7-15(14)21(26)24(20)13-12-23-11-5-9-17(23)19-22-16-8-3-4-10-18(16)27-19/h1-4,6-8,10,17H,5,9,11-13H2/p+1/t17-/m1/s1. The highest BCUT2D eigenvalue weighted by Crippen LogP contribution is 2.28. The minimum Gasteiger partial charge on any atom is -0.325 e. The lowest BCUT2D eigenvalue weighted by Gasteiger charge is -2.22. The first-order chi connectivity index (χ1) is 13.2. The number of nitrogens with zero attached hydrogens (tertiary/aromatic N) is 2. The molecule has 3 aromatic rings. The monoisotopic (exact) mass is 378 g/mol. The highest BCUT2D eigenvalue weighted by atomic mass is 32.1. The second-order valence-corrected chi connectivity index (χ2v) is 8.24. The van der Waals surface area contributed by atoms with Crippen LogP contribution < -0.4 is 4.90 Å². The number of aromatic nitrogens is 1. The lowest BCUT2D eigenvalue weighted by atomic mass is 10.1. The van der Waals surface area contributed by atoms with Gasteiger partial charge in [-0.3, -0.25) is 14.5 Å². The molecule has 1 N–H and O–H groups in total. The molecule has 2 amide bonds. The number of benzene rings is 2. The smallest absolute Gasteiger partial charge is 0.261 e. The average Bonchev–Trinajstić information content (AvgIpc) is 3.38. The molecule has 2 atom stereocenters. The minimum absolute atomic E-state index is 0.161. The van der Waals surface area contributed by atoms with Gasteiger partial charge in [-0.2, -0.15) is 0 Å². The first kappa shape index (κ1) is 16.6. The summed E-state index contributed by atoms with van der Waals surface area (Å²) in [7, 11) is 0. The van der Waals surface area contributed by atoms with Gasteiger partial charge in [-0.1, -0.05) is 24.3 Å². The third-order valence-electron chi connectivity index (χ3n) is 5.63. The van der Waals surface area contributed by atoms with Gasteiger partial charge in [0, 0.05) is 12.8 Å². The van der Waals surface area contributed by atoms with E-state index in [4.69, 9.17) is 4.98 Å². The number of carbonyl (C=O) groups is 2. The second kappa shape index (κ2) is 6.55. The number of imide groups is 1. The molecule has 1 saturated heterocycles. The van der Waals surface area contributed by atoms with Crippen molar-refractivity contribution in [2.75, 3.05) is 19.6 Å². The SMILES string of the molecule is O=C1c2ccccc2C(=O)N1CC[NH+]1CCC[C@@H]1c1nc2ccccc2s1. The number of hydrogen-bond acceptors (Lipinski definition) is 4. The maximum atomic E-state index is 12.6. The molecule has 2 aliphatic heterocycles. The maximum Gasteiger partial charge on any atom is 0.261 e. The summed E-state index contributed by atoms with van der Waals surface area (Å²) < 4.78 is 1.22. The van der Waals surface area contributed by atoms with E-state index in [2.05, 4.69) is 12.1 Å². The molecular formula is C21H20N3O2S+. The first-order valence-electron chi connectivity index (χ1n) is 9.37. The number of thiazole rings is 1. The quantitative estimate of drug-likeness (QED) is 0.709. The van der Waals surface area contributed by atoms with Gasteiger partial charge < -0.3 is 4.90 Å². The highest BCUT2D eigenvalue weighted by Gasteiger charge is 2.38. The van der Waals surface area contributed by atoms with Gasteiger partial charge in [0.2, 0.25) is 0 Å². The molecule has 3 heterocycles. The van der Waals surface area contributed by atoms with E-state index >= 15 is 0 Å². The van der Waals surface area contributed by atoms with E-state index in [-0.39, 0.29) is 11.8 Å². The van der Waals surface area contributed by atoms with Crippen LogP contribution in [0.15, 0.2) is 48.5 Å². The Morgan fingerprint density at radius 1 is 1.04 bits per heavy atom. The summed E-state index contributed by atoms with van der Waals surface area (Å²) >= 11 is 1.77. The van der Waals surface area contributed by atoms with Crippen LogP contribution in [0.3, 0.4) is 0 Å². The van der Waals surface area contributed by atoms with E-state index < -0.39 is 0 Å². The van der Waals surface area contributed by atoms with Crippen molar-refractivity contribution in [1.29, 1.82) is 0 Å². The zero-order chi connectivity index (χ0) is 18.4. The minimum atomic E-state index is -0.161. The Labute approximate surface area is 161 Å². The van der Waals surface area contributed by atoms with E-state index in [0.717, 1.165) is 31.4 Å². The topological polar surface area (TPSA) is 54.7 Å². The summed E-state index contributed by atoms with van der Waals surface area (Å²) in [5.74, 6) is -0.323. The van der Waals surface area contributed by atoms with Gasteiger partial charge >= 0.3 is 0 Å². The van der Waals surface area contributed by atoms with E-state index in [1.54, 1.807) is 23.5 Å². The molecule has 2 aromatic carbocycles. The Balaban J connectivity index is 1.32. The summed E-state index contributed by atoms with van der Waals surface area (Å²) in [5, 5.41) is 1.17. The first-order valence-corrected chi connectivity index (χ1v) is 10.2. The summed E-state index contributed by atoms with van der Waals surface area (Å²) in [6.45, 7) is 2.29. The molecule has 136 valence electrons. The fraction of sp³-hybridized carbons (Fsp3) is 0.286. The number of quaternary nitrogens is 1. The Bertz CT molecular complexity index is 977. The van der Waals surface area contributed by atoms with Crippen LogP contribution in [0, 0.1) is 0 Å². The van der Waals surface area contributed by atoms with Crippen LogP contribution in [-0.4, -0.2) is 41.3 Å². The van der Waals surface area contributed by atoms with Gasteiger partial charge in [0.15, 0.2) is 5.01 Å². The number of para-hydroxylation sites is 1. The van der Waals surface area contributed by atoms with E-state index in [9.17, 15) is 9.59 Å². The lowest BCUT2D eigenvalue weighted by molar-refractivity contribution is -0.917. The number of amides is 2. The Morgan fingerprint density at radius 2 is 1.74 bits per heavy atom. The van der Waals surface area contributed by atoms with Gasteiger partial charge in [-0.05, 0) is 24.3 Å². The molecule has 0 spiro atoms. The molecule has 1 unspecified atom stereocenters. The number of carbonyl (C=O) groups excluding carboxylic acids is 2. The molecule has 0 radical (unpaired) electrons. The van der Waals surface area contributed by atoms with Crippen LogP contribution in [0.25, 0.3) is 10.2 Å². The third kappa shape index (κ3) is 2.76. The van der Waals surface area contributed by atoms with Gasteiger partial charge in [0.1, 0.15) is 6.04 Å². The van der Waals surface area contributed by atoms with Crippen molar-refractivity contribution in [3.63, 3.8) is 0 Å². The summed E-state index contributed by atoms with van der Waals surface area (Å²) in [5.41, 5.74) is 2.12. The molecule has 5 rings (SSSR count). The zero-order valence-electron chi connectivity index (χ0n) is 14.9. The summed E-state index contributed by atoms with van der Waals surface area (Å²) in [6.07, 6.45) is 2.26. The number of fused-ring (bicyclic) bond motifs is 2. The van der Waals surface area contributed by atoms with Gasteiger partial charge in [0.25, 0.3) is 11.8 Å². The molecule has 0 bridgehead atoms. The molecular weight excluding hydrogens is 358 g/mol. The molecule has 0 aliphatic carbocycles. The number of nitrogens with one attached hydrogen (secondary N) is 1. The fourth-order valence-corrected chi connectivity index (χ4v) is 5.41. The highest BCUT2D eigenvalue weighted by molar-refractivity contribution is 7.18. The Kier molecular flexibility index (Phi) is 4.02. The van der Waals surface area contributed by atoms with Crippen molar-refractivity contribution in [2.45, 2.75) is 18.9 Å². The average molecular weight is 378 g/mol. The number of rotatable bonds is 4. The molecule has 0 saturated carbocycles. The predicted octanol–water partition coefficient (Wildman–Crippen LogP) is 2.31. The van der Waals surface area contributed by atoms with Crippen LogP contribution in [-0.2, 0) is 0 Å². The van der Waals surface area contributed by atoms with E-state index in [1.807, 2.05) is 24.3 Å². The number of hydrogen-bond donors (Lipinski definition) is 1. The largest absolute Gasteiger partial charge is 0.325 e. The van der Waals surface area contributed by atoms with E-state index in [1.165, 1.54) is 19.5 Å². The van der Waals surface area contributed by atoms with Crippen molar-refractivity contribution in [3.05, 3.63) is 64.7 Å². The van der Waals surface area contributed by atoms with Crippen molar-refractivity contribution < 1.29 is 14.5 Å². The third-order valence-corrected chi connectivity index (χ3v) is 6.78. The van der Waals surface area contributed by atoms with Gasteiger partial charge in [-0.15, -0.1) is 11.3 Å². The van der Waals surface area contributed by atoms with Gasteiger partial charge in [-0.25, -0.2) is 4.98 Å². The second-order valence-electron chi connectivity index (χ2n) is 7.18. The molecule has 1 fully saturated rings. The predicted molar refractivity (Wildman–Crippen MR) is 104 cm³/mol. The van der Waals surface area contributed by atoms with Crippen molar-refractivity contribution in [2.24, 2.45) is 0 Å². The molecule has 5 nitrogen and oxygen atoms in total. The molecule has 6 heteroatoms. The normalized spacial score (nSPS) is 22.0. The molecule has 27 heavy (non-hydrogen) atoms. The number of likely N-dealkylation sites (tertiary alicyclic amines) is 1. The van der Waals surface area contributed by atoms with Crippen molar-refractivity contribution in [1.82, 2.24) is 9.88 Å². The maximum absolute atomic E-state index is 12.6. The van der Waals surface area contributed by atoms with Gasteiger partial charge in [0.05, 0.1) is 41.0 Å². The Hall–Kier alpha value is -2.57. The van der Waals surface area contributed by atoms with Crippen molar-refractivity contribution >= 4 is 33.4 Å². The lowest BCUT2D eigenvalue weighted by Crippen LogP contribution is -3.11. The van der Waals surface area contributed by atoms with Crippen LogP contribution in [0.1, 0.15) is 44.6 Å². The fourth-order valence-electron chi connectivity index (χ4n) is 4.25. The van der Waals surface area contributed by atoms with E-state index in [0.29, 0.717) is 23.7 Å². The van der Waals surface area contributed by atoms with Crippen LogP contribution in [0.4, 0.5) is 0 Å². The van der Waals surface area contributed by atoms with Crippen LogP contribution in [0.5, 0.6) is 0 Å². The van der Waals surface area contributed by atoms with Crippen molar-refractivity contribution in [3.8, 4) is 0 Å². The molecule has 2 aliphatic rings.